The molecule has 0 spiro atoms. The smallest absolute Gasteiger partial charge is 0.356 e. The number of rotatable bonds is 4. The van der Waals surface area contributed by atoms with Crippen LogP contribution in [0.5, 0.6) is 0 Å². The molecule has 72 valence electrons. The Morgan fingerprint density at radius 3 is 2.54 bits per heavy atom. The number of ether oxygens (including phenoxy) is 1. The number of carboxylic acid groups (broad SMARTS) is 1. The van der Waals surface area contributed by atoms with Crippen LogP contribution >= 0.6 is 0 Å². The van der Waals surface area contributed by atoms with Crippen molar-refractivity contribution in [2.24, 2.45) is 0 Å². The van der Waals surface area contributed by atoms with E-state index < -0.39 is 30.6 Å². The van der Waals surface area contributed by atoms with E-state index in [1.54, 1.807) is 0 Å². The number of hydrogen-bond acceptors (Lipinski definition) is 3. The number of aliphatic carboxylic acids is 1. The Hall–Kier alpha value is -1.57. The lowest BCUT2D eigenvalue weighted by molar-refractivity contribution is -0.170. The minimum absolute atomic E-state index is 0.433. The molecule has 0 aliphatic rings. The van der Waals surface area contributed by atoms with Gasteiger partial charge in [0.2, 0.25) is 0 Å². The first-order chi connectivity index (χ1) is 5.99. The highest BCUT2D eigenvalue weighted by Crippen LogP contribution is 2.18. The normalized spacial score (nSPS) is 13.9. The lowest BCUT2D eigenvalue weighted by Crippen LogP contribution is -2.43. The van der Waals surface area contributed by atoms with Crippen LogP contribution in [0, 0.1) is 12.3 Å². The summed E-state index contributed by atoms with van der Waals surface area (Å²) in [5.74, 6) is -1.39. The fraction of sp³-hybridized carbons (Fsp3) is 0.500. The maximum absolute atomic E-state index is 13.2. The molecule has 0 rings (SSSR count). The largest absolute Gasteiger partial charge is 0.478 e. The van der Waals surface area contributed by atoms with Crippen molar-refractivity contribution < 1.29 is 23.8 Å². The molecule has 1 unspecified atom stereocenters. The van der Waals surface area contributed by atoms with Gasteiger partial charge < -0.3 is 9.84 Å². The van der Waals surface area contributed by atoms with E-state index in [1.807, 2.05) is 5.92 Å². The van der Waals surface area contributed by atoms with Gasteiger partial charge in [0.05, 0.1) is 0 Å². The van der Waals surface area contributed by atoms with E-state index in [-0.39, 0.29) is 0 Å². The minimum atomic E-state index is -2.99. The van der Waals surface area contributed by atoms with Crippen molar-refractivity contribution in [1.82, 2.24) is 0 Å². The van der Waals surface area contributed by atoms with E-state index in [0.717, 1.165) is 0 Å². The van der Waals surface area contributed by atoms with Crippen LogP contribution < -0.4 is 0 Å². The highest BCUT2D eigenvalue weighted by atomic mass is 19.1. The summed E-state index contributed by atoms with van der Waals surface area (Å²) in [6.45, 7) is 0.795. The van der Waals surface area contributed by atoms with Gasteiger partial charge in [-0.3, -0.25) is 0 Å². The van der Waals surface area contributed by atoms with Crippen LogP contribution in [-0.2, 0) is 14.3 Å². The van der Waals surface area contributed by atoms with Crippen LogP contribution in [0.1, 0.15) is 13.3 Å². The topological polar surface area (TPSA) is 63.6 Å². The van der Waals surface area contributed by atoms with Crippen molar-refractivity contribution in [2.45, 2.75) is 19.0 Å². The molecule has 1 N–H and O–H groups in total. The van der Waals surface area contributed by atoms with Gasteiger partial charge in [0, 0.05) is 6.42 Å². The predicted molar refractivity (Wildman–Crippen MR) is 41.6 cm³/mol. The van der Waals surface area contributed by atoms with Crippen LogP contribution in [0.3, 0.4) is 0 Å². The third-order valence-electron chi connectivity index (χ3n) is 1.44. The Morgan fingerprint density at radius 2 is 2.23 bits per heavy atom. The van der Waals surface area contributed by atoms with Crippen LogP contribution in [-0.4, -0.2) is 29.3 Å². The molecule has 0 aromatic heterocycles. The van der Waals surface area contributed by atoms with Crippen molar-refractivity contribution in [3.8, 4) is 12.3 Å². The number of carboxylic acids is 1. The second-order valence-electron chi connectivity index (χ2n) is 2.24. The molecule has 0 bridgehead atoms. The first-order valence-electron chi connectivity index (χ1n) is 3.52. The van der Waals surface area contributed by atoms with Crippen LogP contribution in [0.2, 0.25) is 0 Å². The average molecular weight is 188 g/mol. The maximum atomic E-state index is 13.2. The number of esters is 1. The number of halogens is 1. The molecule has 0 aliphatic carbocycles. The minimum Gasteiger partial charge on any atom is -0.478 e. The van der Waals surface area contributed by atoms with E-state index in [9.17, 15) is 14.0 Å². The van der Waals surface area contributed by atoms with Gasteiger partial charge in [0.15, 0.2) is 6.61 Å². The Morgan fingerprint density at radius 1 is 1.69 bits per heavy atom. The van der Waals surface area contributed by atoms with E-state index in [2.05, 4.69) is 4.74 Å². The third-order valence-corrected chi connectivity index (χ3v) is 1.44. The summed E-state index contributed by atoms with van der Waals surface area (Å²) in [5.41, 5.74) is -2.99. The lowest BCUT2D eigenvalue weighted by Gasteiger charge is -2.15. The fourth-order valence-electron chi connectivity index (χ4n) is 0.604. The zero-order valence-electron chi connectivity index (χ0n) is 7.04. The summed E-state index contributed by atoms with van der Waals surface area (Å²) < 4.78 is 17.4. The third kappa shape index (κ3) is 2.44. The van der Waals surface area contributed by atoms with Crippen molar-refractivity contribution in [2.75, 3.05) is 6.61 Å². The van der Waals surface area contributed by atoms with E-state index in [0.29, 0.717) is 0 Å². The van der Waals surface area contributed by atoms with Gasteiger partial charge in [-0.2, -0.15) is 0 Å². The first kappa shape index (κ1) is 11.4. The van der Waals surface area contributed by atoms with Crippen LogP contribution in [0.25, 0.3) is 0 Å². The van der Waals surface area contributed by atoms with Crippen molar-refractivity contribution in [1.29, 1.82) is 0 Å². The number of carbonyl (C=O) groups excluding carboxylic acids is 1. The van der Waals surface area contributed by atoms with Gasteiger partial charge in [-0.25, -0.2) is 14.0 Å². The van der Waals surface area contributed by atoms with Crippen LogP contribution in [0.4, 0.5) is 4.39 Å². The van der Waals surface area contributed by atoms with Gasteiger partial charge in [-0.1, -0.05) is 12.8 Å². The Balaban J connectivity index is 4.50. The van der Waals surface area contributed by atoms with Crippen LogP contribution in [0.15, 0.2) is 0 Å². The van der Waals surface area contributed by atoms with Crippen molar-refractivity contribution in [3.63, 3.8) is 0 Å². The lowest BCUT2D eigenvalue weighted by atomic mass is 10.0. The van der Waals surface area contributed by atoms with Gasteiger partial charge in [-0.05, 0) is 0 Å². The summed E-state index contributed by atoms with van der Waals surface area (Å²) in [7, 11) is 0. The first-order valence-corrected chi connectivity index (χ1v) is 3.52. The molecule has 4 nitrogen and oxygen atoms in total. The number of hydrogen-bond donors (Lipinski definition) is 1. The summed E-state index contributed by atoms with van der Waals surface area (Å²) in [6.07, 6.45) is 4.25. The molecule has 0 radical (unpaired) electrons. The number of carbonyl (C=O) groups is 2. The predicted octanol–water partition coefficient (Wildman–Crippen LogP) is 0.366. The zero-order chi connectivity index (χ0) is 10.5. The van der Waals surface area contributed by atoms with E-state index in [1.165, 1.54) is 6.92 Å². The number of alkyl halides is 1. The van der Waals surface area contributed by atoms with Gasteiger partial charge in [-0.15, -0.1) is 6.42 Å². The summed E-state index contributed by atoms with van der Waals surface area (Å²) in [4.78, 5) is 21.2. The molecule has 0 aliphatic heterocycles. The molecule has 0 fully saturated rings. The SMILES string of the molecule is C#CCOC(=O)C(F)(CC)C(=O)O. The fourth-order valence-corrected chi connectivity index (χ4v) is 0.604. The highest BCUT2D eigenvalue weighted by molar-refractivity contribution is 6.02. The summed E-state index contributed by atoms with van der Waals surface area (Å²) >= 11 is 0. The molecule has 0 aromatic carbocycles. The van der Waals surface area contributed by atoms with Gasteiger partial charge in [0.1, 0.15) is 0 Å². The molecule has 0 saturated heterocycles. The Bertz CT molecular complexity index is 255. The molecule has 0 aromatic rings. The summed E-state index contributed by atoms with van der Waals surface area (Å²) in [6, 6.07) is 0. The van der Waals surface area contributed by atoms with Crippen molar-refractivity contribution >= 4 is 11.9 Å². The standard InChI is InChI=1S/C8H9FO4/c1-3-5-13-7(12)8(9,4-2)6(10)11/h1H,4-5H2,2H3,(H,10,11). The zero-order valence-corrected chi connectivity index (χ0v) is 7.04. The van der Waals surface area contributed by atoms with Gasteiger partial charge >= 0.3 is 17.6 Å². The molecule has 1 atom stereocenters. The summed E-state index contributed by atoms with van der Waals surface area (Å²) in [5, 5.41) is 8.37. The monoisotopic (exact) mass is 188 g/mol. The number of terminal acetylenes is 1. The molecule has 0 saturated carbocycles. The highest BCUT2D eigenvalue weighted by Gasteiger charge is 2.46. The Labute approximate surface area is 74.7 Å². The molecule has 13 heavy (non-hydrogen) atoms. The molecular formula is C8H9FO4. The van der Waals surface area contributed by atoms with E-state index in [4.69, 9.17) is 11.5 Å². The van der Waals surface area contributed by atoms with Gasteiger partial charge in [0.25, 0.3) is 0 Å². The maximum Gasteiger partial charge on any atom is 0.356 e. The average Bonchev–Trinajstić information content (AvgIpc) is 2.12. The molecular weight excluding hydrogens is 179 g/mol. The second-order valence-corrected chi connectivity index (χ2v) is 2.24. The molecule has 5 heteroatoms. The molecule has 0 amide bonds. The van der Waals surface area contributed by atoms with Crippen molar-refractivity contribution in [3.05, 3.63) is 0 Å². The van der Waals surface area contributed by atoms with E-state index >= 15 is 0 Å². The molecule has 0 heterocycles. The Kier molecular flexibility index (Phi) is 3.92. The second kappa shape index (κ2) is 4.45. The quantitative estimate of drug-likeness (QED) is 0.393.